The fraction of sp³-hybridized carbons (Fsp3) is 0.415. The van der Waals surface area contributed by atoms with Crippen LogP contribution in [0.15, 0.2) is 71.7 Å². The molecule has 6 rings (SSSR count). The van der Waals surface area contributed by atoms with E-state index in [1.54, 1.807) is 74.9 Å². The molecule has 13 heteroatoms. The predicted molar refractivity (Wildman–Crippen MR) is 201 cm³/mol. The lowest BCUT2D eigenvalue weighted by Gasteiger charge is -2.42. The quantitative estimate of drug-likeness (QED) is 0.181. The molecule has 0 spiro atoms. The number of halogens is 2. The summed E-state index contributed by atoms with van der Waals surface area (Å²) in [5, 5.41) is 2.80. The normalized spacial score (nSPS) is 17.1. The largest absolute Gasteiger partial charge is 0.492 e. The summed E-state index contributed by atoms with van der Waals surface area (Å²) in [4.78, 5) is 56.4. The number of carbonyl (C=O) groups excluding carboxylic acids is 3. The van der Waals surface area contributed by atoms with Gasteiger partial charge in [0.1, 0.15) is 29.8 Å². The number of aromatic nitrogens is 1. The monoisotopic (exact) mass is 744 g/mol. The molecule has 0 bridgehead atoms. The Hall–Kier alpha value is -5.46. The van der Waals surface area contributed by atoms with Gasteiger partial charge in [0, 0.05) is 49.5 Å². The van der Waals surface area contributed by atoms with Crippen LogP contribution in [0.1, 0.15) is 65.0 Å². The van der Waals surface area contributed by atoms with Crippen molar-refractivity contribution in [3.05, 3.63) is 94.3 Å². The summed E-state index contributed by atoms with van der Waals surface area (Å²) >= 11 is 0. The van der Waals surface area contributed by atoms with E-state index in [0.717, 1.165) is 12.8 Å². The molecule has 4 aromatic rings. The highest BCUT2D eigenvalue weighted by Crippen LogP contribution is 2.43. The third kappa shape index (κ3) is 8.19. The Morgan fingerprint density at radius 1 is 0.981 bits per heavy atom. The maximum absolute atomic E-state index is 15.9. The van der Waals surface area contributed by atoms with Crippen molar-refractivity contribution in [1.29, 1.82) is 0 Å². The van der Waals surface area contributed by atoms with Crippen LogP contribution in [-0.4, -0.2) is 78.5 Å². The van der Waals surface area contributed by atoms with Crippen LogP contribution < -0.4 is 20.4 Å². The van der Waals surface area contributed by atoms with Crippen LogP contribution in [0.2, 0.25) is 0 Å². The number of methoxy groups -OCH3 is 1. The average molecular weight is 745 g/mol. The molecule has 286 valence electrons. The number of fused-ring (bicyclic) bond motifs is 1. The van der Waals surface area contributed by atoms with Gasteiger partial charge in [-0.05, 0) is 70.7 Å². The molecule has 54 heavy (non-hydrogen) atoms. The second-order valence-electron chi connectivity index (χ2n) is 14.9. The van der Waals surface area contributed by atoms with Crippen LogP contribution in [0.25, 0.3) is 22.0 Å². The van der Waals surface area contributed by atoms with Crippen LogP contribution in [0.5, 0.6) is 5.75 Å². The fourth-order valence-electron chi connectivity index (χ4n) is 6.90. The molecule has 1 saturated carbocycles. The van der Waals surface area contributed by atoms with Crippen LogP contribution >= 0.6 is 0 Å². The number of carbonyl (C=O) groups is 3. The molecular formula is C41H46F2N4O7. The molecule has 2 heterocycles. The van der Waals surface area contributed by atoms with Crippen LogP contribution in [0.4, 0.5) is 19.3 Å². The van der Waals surface area contributed by atoms with Gasteiger partial charge in [0.05, 0.1) is 23.9 Å². The number of alkyl carbamates (subject to hydrolysis) is 1. The Labute approximate surface area is 312 Å². The molecule has 3 unspecified atom stereocenters. The molecule has 2 aliphatic rings. The van der Waals surface area contributed by atoms with Crippen LogP contribution in [-0.2, 0) is 19.1 Å². The first-order valence-corrected chi connectivity index (χ1v) is 18.1. The van der Waals surface area contributed by atoms with Crippen molar-refractivity contribution in [2.45, 2.75) is 77.1 Å². The Morgan fingerprint density at radius 3 is 2.33 bits per heavy atom. The number of esters is 1. The first-order chi connectivity index (χ1) is 25.7. The van der Waals surface area contributed by atoms with E-state index in [9.17, 15) is 19.2 Å². The number of piperazine rings is 1. The maximum Gasteiger partial charge on any atom is 0.408 e. The number of nitrogens with zero attached hydrogens (tertiary/aromatic N) is 3. The predicted octanol–water partition coefficient (Wildman–Crippen LogP) is 6.57. The van der Waals surface area contributed by atoms with E-state index in [0.29, 0.717) is 22.2 Å². The smallest absolute Gasteiger partial charge is 0.408 e. The number of hydrogen-bond acceptors (Lipinski definition) is 8. The molecule has 0 radical (unpaired) electrons. The highest BCUT2D eigenvalue weighted by Gasteiger charge is 2.37. The van der Waals surface area contributed by atoms with E-state index in [-0.39, 0.29) is 47.9 Å². The summed E-state index contributed by atoms with van der Waals surface area (Å²) in [5.74, 6) is -2.98. The molecule has 1 N–H and O–H groups in total. The van der Waals surface area contributed by atoms with Gasteiger partial charge in [-0.15, -0.1) is 0 Å². The van der Waals surface area contributed by atoms with Gasteiger partial charge in [-0.25, -0.2) is 13.6 Å². The van der Waals surface area contributed by atoms with Gasteiger partial charge in [0.25, 0.3) is 0 Å². The number of pyridine rings is 1. The molecule has 11 nitrogen and oxygen atoms in total. The summed E-state index contributed by atoms with van der Waals surface area (Å²) in [7, 11) is 1.45. The summed E-state index contributed by atoms with van der Waals surface area (Å²) < 4.78 is 49.8. The van der Waals surface area contributed by atoms with E-state index in [2.05, 4.69) is 5.32 Å². The van der Waals surface area contributed by atoms with Crippen molar-refractivity contribution in [1.82, 2.24) is 14.8 Å². The molecule has 1 saturated heterocycles. The molecule has 1 aromatic heterocycles. The van der Waals surface area contributed by atoms with Gasteiger partial charge in [-0.2, -0.15) is 0 Å². The van der Waals surface area contributed by atoms with Crippen molar-refractivity contribution < 1.29 is 37.4 Å². The van der Waals surface area contributed by atoms with Gasteiger partial charge in [-0.1, -0.05) is 42.5 Å². The zero-order valence-corrected chi connectivity index (χ0v) is 31.4. The van der Waals surface area contributed by atoms with Gasteiger partial charge in [0.15, 0.2) is 17.0 Å². The average Bonchev–Trinajstić information content (AvgIpc) is 3.98. The van der Waals surface area contributed by atoms with E-state index in [1.165, 1.54) is 25.3 Å². The van der Waals surface area contributed by atoms with Gasteiger partial charge >= 0.3 is 12.1 Å². The third-order valence-corrected chi connectivity index (χ3v) is 9.78. The minimum atomic E-state index is -1.32. The second-order valence-corrected chi connectivity index (χ2v) is 14.9. The molecule has 2 amide bonds. The summed E-state index contributed by atoms with van der Waals surface area (Å²) in [5.41, 5.74) is 1.03. The first kappa shape index (κ1) is 38.3. The van der Waals surface area contributed by atoms with E-state index in [4.69, 9.17) is 14.2 Å². The molecule has 3 aromatic carbocycles. The fourth-order valence-corrected chi connectivity index (χ4v) is 6.90. The van der Waals surface area contributed by atoms with Crippen LogP contribution in [0.3, 0.4) is 0 Å². The topological polar surface area (TPSA) is 119 Å². The van der Waals surface area contributed by atoms with E-state index >= 15 is 8.78 Å². The van der Waals surface area contributed by atoms with Crippen molar-refractivity contribution in [2.75, 3.05) is 38.3 Å². The zero-order chi connectivity index (χ0) is 38.9. The van der Waals surface area contributed by atoms with Crippen molar-refractivity contribution in [3.8, 4) is 16.9 Å². The Morgan fingerprint density at radius 2 is 1.70 bits per heavy atom. The Balaban J connectivity index is 1.19. The summed E-state index contributed by atoms with van der Waals surface area (Å²) in [6.07, 6.45) is 2.73. The molecule has 2 fully saturated rings. The highest BCUT2D eigenvalue weighted by molar-refractivity contribution is 5.92. The van der Waals surface area contributed by atoms with Crippen LogP contribution in [0, 0.1) is 11.6 Å². The lowest BCUT2D eigenvalue weighted by molar-refractivity contribution is -0.148. The van der Waals surface area contributed by atoms with Crippen molar-refractivity contribution in [3.63, 3.8) is 0 Å². The Kier molecular flexibility index (Phi) is 11.0. The molecule has 1 aliphatic carbocycles. The van der Waals surface area contributed by atoms with Gasteiger partial charge in [0.2, 0.25) is 5.91 Å². The second kappa shape index (κ2) is 15.5. The standard InChI is InChI=1S/C41H46F2N4O7/c1-24-22-45(36-32(43)21-30-34(48)16-17-47(28-13-14-28)35(30)37(36)52-6)18-19-46(24)38(49)33(44-40(51)54-41(3,4)5)23-53-39(50)25(2)27-12-15-29(31(42)20-27)26-10-8-7-9-11-26/h7-12,15-17,20-21,24-25,28,33H,13-14,18-19,22-23H2,1-6H3,(H,44,51). The minimum absolute atomic E-state index is 0.134. The SMILES string of the molecule is COc1c(N2CCN(C(=O)C(COC(=O)C(C)c3ccc(-c4ccccc4)c(F)c3)NC(=O)OC(C)(C)C)C(C)C2)c(F)cc2c(=O)ccn(C3CC3)c12. The molecule has 1 aliphatic heterocycles. The summed E-state index contributed by atoms with van der Waals surface area (Å²) in [6, 6.07) is 14.7. The number of benzene rings is 3. The third-order valence-electron chi connectivity index (χ3n) is 9.78. The number of anilines is 1. The zero-order valence-electron chi connectivity index (χ0n) is 31.4. The highest BCUT2D eigenvalue weighted by atomic mass is 19.1. The van der Waals surface area contributed by atoms with E-state index < -0.39 is 59.8 Å². The Bertz CT molecular complexity index is 2110. The molecule has 3 atom stereocenters. The first-order valence-electron chi connectivity index (χ1n) is 18.1. The van der Waals surface area contributed by atoms with Gasteiger partial charge in [-0.3, -0.25) is 14.4 Å². The lowest BCUT2D eigenvalue weighted by Crippen LogP contribution is -2.60. The number of hydrogen-bond donors (Lipinski definition) is 1. The number of amides is 2. The van der Waals surface area contributed by atoms with E-state index in [1.807, 2.05) is 22.8 Å². The number of rotatable bonds is 10. The van der Waals surface area contributed by atoms with Crippen molar-refractivity contribution >= 4 is 34.6 Å². The van der Waals surface area contributed by atoms with Gasteiger partial charge < -0.3 is 33.9 Å². The number of nitrogens with one attached hydrogen (secondary N) is 1. The van der Waals surface area contributed by atoms with Crippen molar-refractivity contribution in [2.24, 2.45) is 0 Å². The number of ether oxygens (including phenoxy) is 3. The lowest BCUT2D eigenvalue weighted by atomic mass is 9.97. The maximum atomic E-state index is 15.9. The molecular weight excluding hydrogens is 698 g/mol. The summed E-state index contributed by atoms with van der Waals surface area (Å²) in [6.45, 7) is 8.43. The minimum Gasteiger partial charge on any atom is -0.492 e.